The van der Waals surface area contributed by atoms with Crippen LogP contribution in [0.1, 0.15) is 35.6 Å². The van der Waals surface area contributed by atoms with Gasteiger partial charge in [-0.15, -0.1) is 0 Å². The van der Waals surface area contributed by atoms with Crippen LogP contribution in [0.4, 0.5) is 0 Å². The first-order valence-corrected chi connectivity index (χ1v) is 11.6. The second-order valence-corrected chi connectivity index (χ2v) is 8.85. The second-order valence-electron chi connectivity index (χ2n) is 8.85. The number of furan rings is 1. The van der Waals surface area contributed by atoms with Gasteiger partial charge in [0.2, 0.25) is 0 Å². The molecule has 1 atom stereocenters. The van der Waals surface area contributed by atoms with Gasteiger partial charge in [-0.3, -0.25) is 24.2 Å². The van der Waals surface area contributed by atoms with Crippen molar-refractivity contribution in [3.05, 3.63) is 71.7 Å². The van der Waals surface area contributed by atoms with Crippen LogP contribution in [0.5, 0.6) is 0 Å². The summed E-state index contributed by atoms with van der Waals surface area (Å²) >= 11 is 0. The monoisotopic (exact) mass is 532 g/mol. The van der Waals surface area contributed by atoms with E-state index in [1.165, 1.54) is 0 Å². The summed E-state index contributed by atoms with van der Waals surface area (Å²) in [6, 6.07) is 9.83. The van der Waals surface area contributed by atoms with Crippen molar-refractivity contribution in [2.75, 3.05) is 6.54 Å². The number of aliphatic hydroxyl groups is 2. The maximum atomic E-state index is 10.6. The number of carbonyl (C=O) groups is 3. The van der Waals surface area contributed by atoms with E-state index in [9.17, 15) is 19.5 Å². The number of rotatable bonds is 13. The van der Waals surface area contributed by atoms with Crippen LogP contribution in [0.25, 0.3) is 0 Å². The molecule has 0 aromatic carbocycles. The Labute approximate surface area is 218 Å². The number of hydrogen-bond donors (Lipinski definition) is 5. The van der Waals surface area contributed by atoms with Gasteiger partial charge in [0, 0.05) is 31.2 Å². The lowest BCUT2D eigenvalue weighted by Crippen LogP contribution is -2.42. The number of nitrogens with zero attached hydrogens (tertiary/aromatic N) is 4. The molecule has 13 nitrogen and oxygen atoms in total. The number of aryl methyl sites for hydroxylation is 2. The highest BCUT2D eigenvalue weighted by atomic mass is 16.4. The molecule has 0 spiro atoms. The van der Waals surface area contributed by atoms with E-state index in [1.807, 2.05) is 48.9 Å². The zero-order valence-electron chi connectivity index (χ0n) is 21.1. The van der Waals surface area contributed by atoms with E-state index >= 15 is 0 Å². The molecule has 13 heteroatoms. The van der Waals surface area contributed by atoms with Gasteiger partial charge in [0.25, 0.3) is 0 Å². The van der Waals surface area contributed by atoms with Crippen LogP contribution in [-0.4, -0.2) is 81.4 Å². The predicted molar refractivity (Wildman–Crippen MR) is 132 cm³/mol. The van der Waals surface area contributed by atoms with Crippen molar-refractivity contribution in [2.45, 2.75) is 58.0 Å². The first kappa shape index (κ1) is 30.2. The van der Waals surface area contributed by atoms with Crippen molar-refractivity contribution in [1.82, 2.24) is 19.7 Å². The van der Waals surface area contributed by atoms with E-state index in [4.69, 9.17) is 24.8 Å². The highest BCUT2D eigenvalue weighted by Gasteiger charge is 2.40. The van der Waals surface area contributed by atoms with Crippen molar-refractivity contribution in [3.8, 4) is 0 Å². The SMILES string of the molecule is Cc1cc(C)n(CC(O)CN(Cc2ccncc2)Cc2ccco2)n1.O=C(O)CC(O)(CC(=O)O)C(=O)O. The average Bonchev–Trinajstić information content (AvgIpc) is 3.42. The number of pyridine rings is 1. The molecular weight excluding hydrogens is 500 g/mol. The minimum Gasteiger partial charge on any atom is -0.481 e. The molecule has 206 valence electrons. The maximum Gasteiger partial charge on any atom is 0.336 e. The molecule has 0 amide bonds. The Morgan fingerprint density at radius 3 is 2.16 bits per heavy atom. The lowest BCUT2D eigenvalue weighted by molar-refractivity contribution is -0.170. The number of aliphatic hydroxyl groups excluding tert-OH is 1. The van der Waals surface area contributed by atoms with E-state index in [2.05, 4.69) is 15.0 Å². The minimum atomic E-state index is -2.74. The Balaban J connectivity index is 0.000000332. The zero-order valence-corrected chi connectivity index (χ0v) is 21.1. The molecule has 3 aromatic rings. The van der Waals surface area contributed by atoms with Crippen molar-refractivity contribution in [2.24, 2.45) is 0 Å². The summed E-state index contributed by atoms with van der Waals surface area (Å²) in [5, 5.41) is 48.8. The van der Waals surface area contributed by atoms with Crippen LogP contribution in [0.15, 0.2) is 53.4 Å². The first-order chi connectivity index (χ1) is 17.9. The van der Waals surface area contributed by atoms with Gasteiger partial charge >= 0.3 is 17.9 Å². The van der Waals surface area contributed by atoms with Crippen LogP contribution >= 0.6 is 0 Å². The Hall–Kier alpha value is -4.07. The fourth-order valence-corrected chi connectivity index (χ4v) is 3.68. The molecule has 0 aliphatic rings. The third kappa shape index (κ3) is 10.1. The predicted octanol–water partition coefficient (Wildman–Crippen LogP) is 1.30. The normalized spacial score (nSPS) is 12.0. The summed E-state index contributed by atoms with van der Waals surface area (Å²) in [4.78, 5) is 36.7. The maximum absolute atomic E-state index is 10.6. The fourth-order valence-electron chi connectivity index (χ4n) is 3.68. The Bertz CT molecular complexity index is 1160. The van der Waals surface area contributed by atoms with Crippen LogP contribution in [-0.2, 0) is 34.0 Å². The van der Waals surface area contributed by atoms with Gasteiger partial charge in [0.1, 0.15) is 5.76 Å². The van der Waals surface area contributed by atoms with Crippen molar-refractivity contribution >= 4 is 17.9 Å². The number of carboxylic acid groups (broad SMARTS) is 3. The molecule has 3 heterocycles. The average molecular weight is 533 g/mol. The van der Waals surface area contributed by atoms with E-state index in [0.717, 1.165) is 29.3 Å². The molecule has 0 saturated heterocycles. The van der Waals surface area contributed by atoms with Crippen molar-refractivity contribution < 1.29 is 44.3 Å². The topological polar surface area (TPSA) is 199 Å². The quantitative estimate of drug-likeness (QED) is 0.212. The van der Waals surface area contributed by atoms with Gasteiger partial charge in [0.05, 0.1) is 44.0 Å². The summed E-state index contributed by atoms with van der Waals surface area (Å²) in [5.74, 6) is -4.14. The molecule has 5 N–H and O–H groups in total. The number of aliphatic carboxylic acids is 3. The molecule has 0 bridgehead atoms. The summed E-state index contributed by atoms with van der Waals surface area (Å²) in [6.07, 6.45) is 2.43. The molecule has 3 aromatic heterocycles. The van der Waals surface area contributed by atoms with Gasteiger partial charge in [-0.05, 0) is 49.7 Å². The van der Waals surface area contributed by atoms with E-state index < -0.39 is 42.5 Å². The number of hydrogen-bond acceptors (Lipinski definition) is 9. The standard InChI is InChI=1S/C19H24N4O2.C6H8O7/c1-15-10-16(2)23(21-15)13-18(24)12-22(14-19-4-3-9-25-19)11-17-5-7-20-8-6-17;7-3(8)1-6(13,5(11)12)2-4(9)10/h3-10,18,24H,11-14H2,1-2H3;13H,1-2H2,(H,7,8)(H,9,10)(H,11,12). The molecule has 0 fully saturated rings. The highest BCUT2D eigenvalue weighted by Crippen LogP contribution is 2.16. The summed E-state index contributed by atoms with van der Waals surface area (Å²) in [6.45, 7) is 6.33. The summed E-state index contributed by atoms with van der Waals surface area (Å²) < 4.78 is 7.33. The third-order valence-corrected chi connectivity index (χ3v) is 5.36. The summed E-state index contributed by atoms with van der Waals surface area (Å²) in [7, 11) is 0. The van der Waals surface area contributed by atoms with Crippen LogP contribution in [0, 0.1) is 13.8 Å². The zero-order chi connectivity index (χ0) is 28.3. The molecule has 0 aliphatic carbocycles. The molecule has 3 rings (SSSR count). The molecule has 0 radical (unpaired) electrons. The Morgan fingerprint density at radius 1 is 1.05 bits per heavy atom. The van der Waals surface area contributed by atoms with Crippen molar-refractivity contribution in [1.29, 1.82) is 0 Å². The molecule has 0 aliphatic heterocycles. The third-order valence-electron chi connectivity index (χ3n) is 5.36. The second kappa shape index (κ2) is 14.0. The van der Waals surface area contributed by atoms with Crippen molar-refractivity contribution in [3.63, 3.8) is 0 Å². The minimum absolute atomic E-state index is 0.477. The number of aromatic nitrogens is 3. The van der Waals surface area contributed by atoms with E-state index in [0.29, 0.717) is 19.6 Å². The highest BCUT2D eigenvalue weighted by molar-refractivity contribution is 5.88. The van der Waals surface area contributed by atoms with Gasteiger partial charge in [-0.1, -0.05) is 0 Å². The van der Waals surface area contributed by atoms with Gasteiger partial charge in [-0.25, -0.2) is 4.79 Å². The first-order valence-electron chi connectivity index (χ1n) is 11.6. The lowest BCUT2D eigenvalue weighted by atomic mass is 9.96. The van der Waals surface area contributed by atoms with Crippen LogP contribution < -0.4 is 0 Å². The van der Waals surface area contributed by atoms with Gasteiger partial charge in [0.15, 0.2) is 5.60 Å². The number of carboxylic acids is 3. The lowest BCUT2D eigenvalue weighted by Gasteiger charge is -2.24. The fraction of sp³-hybridized carbons (Fsp3) is 0.400. The Kier molecular flexibility index (Phi) is 11.1. The van der Waals surface area contributed by atoms with E-state index in [1.54, 1.807) is 18.7 Å². The smallest absolute Gasteiger partial charge is 0.336 e. The molecule has 38 heavy (non-hydrogen) atoms. The summed E-state index contributed by atoms with van der Waals surface area (Å²) in [5.41, 5.74) is 0.439. The van der Waals surface area contributed by atoms with E-state index in [-0.39, 0.29) is 0 Å². The Morgan fingerprint density at radius 2 is 1.68 bits per heavy atom. The molecule has 0 saturated carbocycles. The van der Waals surface area contributed by atoms with Gasteiger partial charge < -0.3 is 29.9 Å². The van der Waals surface area contributed by atoms with Crippen LogP contribution in [0.3, 0.4) is 0 Å². The van der Waals surface area contributed by atoms with Gasteiger partial charge in [-0.2, -0.15) is 5.10 Å². The van der Waals surface area contributed by atoms with Crippen LogP contribution in [0.2, 0.25) is 0 Å². The molecule has 1 unspecified atom stereocenters. The largest absolute Gasteiger partial charge is 0.481 e. The molecular formula is C25H32N4O9.